The minimum absolute atomic E-state index is 0.105. The van der Waals surface area contributed by atoms with Crippen LogP contribution in [-0.4, -0.2) is 30.7 Å². The molecule has 1 aromatic rings. The third kappa shape index (κ3) is 5.04. The largest absolute Gasteiger partial charge is 0.493 e. The van der Waals surface area contributed by atoms with Crippen molar-refractivity contribution in [2.24, 2.45) is 16.7 Å². The number of rotatable bonds is 7. The number of hydrogen-bond acceptors (Lipinski definition) is 4. The second-order valence-corrected chi connectivity index (χ2v) is 12.9. The van der Waals surface area contributed by atoms with Crippen molar-refractivity contribution in [3.63, 3.8) is 0 Å². The summed E-state index contributed by atoms with van der Waals surface area (Å²) in [6.07, 6.45) is 7.96. The van der Waals surface area contributed by atoms with Crippen LogP contribution in [0.3, 0.4) is 0 Å². The Morgan fingerprint density at radius 3 is 2.34 bits per heavy atom. The number of hydrogen-bond donors (Lipinski definition) is 2. The average Bonchev–Trinajstić information content (AvgIpc) is 2.60. The van der Waals surface area contributed by atoms with Gasteiger partial charge in [-0.1, -0.05) is 25.4 Å². The Bertz CT molecular complexity index is 876. The lowest BCUT2D eigenvalue weighted by Gasteiger charge is -2.65. The van der Waals surface area contributed by atoms with Crippen molar-refractivity contribution in [2.75, 3.05) is 13.7 Å². The minimum atomic E-state index is -0.310. The Morgan fingerprint density at radius 2 is 1.78 bits per heavy atom. The molecule has 4 fully saturated rings. The average molecular weight is 463 g/mol. The maximum absolute atomic E-state index is 12.1. The predicted molar refractivity (Wildman–Crippen MR) is 128 cm³/mol. The van der Waals surface area contributed by atoms with Gasteiger partial charge in [-0.3, -0.25) is 4.79 Å². The first-order chi connectivity index (χ1) is 14.8. The summed E-state index contributed by atoms with van der Waals surface area (Å²) in [6.45, 7) is 11.4. The molecule has 6 heteroatoms. The third-order valence-electron chi connectivity index (χ3n) is 7.45. The van der Waals surface area contributed by atoms with Gasteiger partial charge in [0.1, 0.15) is 0 Å². The fourth-order valence-corrected chi connectivity index (χ4v) is 7.83. The molecule has 0 aliphatic heterocycles. The van der Waals surface area contributed by atoms with Crippen LogP contribution < -0.4 is 20.1 Å². The van der Waals surface area contributed by atoms with E-state index in [0.717, 1.165) is 18.0 Å². The van der Waals surface area contributed by atoms with Crippen LogP contribution in [-0.2, 0) is 11.3 Å². The lowest BCUT2D eigenvalue weighted by molar-refractivity contribution is -0.124. The van der Waals surface area contributed by atoms with Crippen LogP contribution in [0.2, 0.25) is 5.02 Å². The quantitative estimate of drug-likeness (QED) is 0.563. The Labute approximate surface area is 198 Å². The number of methoxy groups -OCH3 is 1. The molecular formula is C26H39ClN2O3. The highest BCUT2D eigenvalue weighted by molar-refractivity contribution is 6.32. The molecule has 4 bridgehead atoms. The van der Waals surface area contributed by atoms with E-state index < -0.39 is 0 Å². The number of halogens is 1. The van der Waals surface area contributed by atoms with Gasteiger partial charge >= 0.3 is 0 Å². The maximum atomic E-state index is 12.1. The number of carbonyl (C=O) groups excluding carboxylic acids is 1. The Morgan fingerprint density at radius 1 is 1.12 bits per heavy atom. The topological polar surface area (TPSA) is 59.6 Å². The number of nitrogens with one attached hydrogen (secondary N) is 2. The standard InChI is InChI=1S/C26H39ClN2O3/c1-23(2,3)29-21(30)13-32-22-19(27)7-17(8-20(22)31-6)12-28-26-11-18-9-24(4,15-26)14-25(5,10-18)16-26/h7-8,18,28H,9-16H2,1-6H3,(H,29,30). The molecule has 2 N–H and O–H groups in total. The van der Waals surface area contributed by atoms with Crippen LogP contribution in [0.5, 0.6) is 11.5 Å². The summed E-state index contributed by atoms with van der Waals surface area (Å²) in [5.41, 5.74) is 1.94. The van der Waals surface area contributed by atoms with Gasteiger partial charge in [0.05, 0.1) is 12.1 Å². The molecule has 0 aromatic heterocycles. The van der Waals surface area contributed by atoms with Gasteiger partial charge in [-0.2, -0.15) is 0 Å². The minimum Gasteiger partial charge on any atom is -0.493 e. The van der Waals surface area contributed by atoms with E-state index in [4.69, 9.17) is 21.1 Å². The summed E-state index contributed by atoms with van der Waals surface area (Å²) < 4.78 is 11.3. The van der Waals surface area contributed by atoms with Gasteiger partial charge in [0.15, 0.2) is 18.1 Å². The molecular weight excluding hydrogens is 424 g/mol. The van der Waals surface area contributed by atoms with Crippen LogP contribution >= 0.6 is 11.6 Å². The first-order valence-corrected chi connectivity index (χ1v) is 12.2. The van der Waals surface area contributed by atoms with Crippen molar-refractivity contribution < 1.29 is 14.3 Å². The fourth-order valence-electron chi connectivity index (χ4n) is 7.54. The number of amides is 1. The molecule has 0 saturated heterocycles. The second kappa shape index (κ2) is 8.09. The van der Waals surface area contributed by atoms with Crippen molar-refractivity contribution in [3.8, 4) is 11.5 Å². The lowest BCUT2D eigenvalue weighted by atomic mass is 9.43. The van der Waals surface area contributed by atoms with Gasteiger partial charge in [-0.05, 0) is 93.7 Å². The van der Waals surface area contributed by atoms with E-state index >= 15 is 0 Å². The van der Waals surface area contributed by atoms with E-state index in [-0.39, 0.29) is 23.6 Å². The van der Waals surface area contributed by atoms with E-state index in [2.05, 4.69) is 24.5 Å². The molecule has 2 unspecified atom stereocenters. The first kappa shape index (κ1) is 23.7. The first-order valence-electron chi connectivity index (χ1n) is 11.9. The highest BCUT2D eigenvalue weighted by atomic mass is 35.5. The number of carbonyl (C=O) groups is 1. The zero-order valence-corrected chi connectivity index (χ0v) is 21.2. The number of benzene rings is 1. The molecule has 0 spiro atoms. The summed E-state index contributed by atoms with van der Waals surface area (Å²) in [6, 6.07) is 3.90. The molecule has 0 radical (unpaired) electrons. The second-order valence-electron chi connectivity index (χ2n) is 12.5. The Balaban J connectivity index is 1.44. The van der Waals surface area contributed by atoms with E-state index in [1.54, 1.807) is 7.11 Å². The van der Waals surface area contributed by atoms with Crippen molar-refractivity contribution in [1.82, 2.24) is 10.6 Å². The fraction of sp³-hybridized carbons (Fsp3) is 0.731. The van der Waals surface area contributed by atoms with Crippen molar-refractivity contribution in [2.45, 2.75) is 90.8 Å². The molecule has 2 atom stereocenters. The monoisotopic (exact) mass is 462 g/mol. The normalized spacial score (nSPS) is 33.3. The molecule has 1 amide bonds. The predicted octanol–water partition coefficient (Wildman–Crippen LogP) is 5.48. The molecule has 5 nitrogen and oxygen atoms in total. The SMILES string of the molecule is COc1cc(CNC23CC4CC(C)(CC(C)(C4)C2)C3)cc(Cl)c1OCC(=O)NC(C)(C)C. The van der Waals surface area contributed by atoms with E-state index in [1.165, 1.54) is 38.5 Å². The van der Waals surface area contributed by atoms with E-state index in [1.807, 2.05) is 32.9 Å². The van der Waals surface area contributed by atoms with Gasteiger partial charge < -0.3 is 20.1 Å². The van der Waals surface area contributed by atoms with E-state index in [0.29, 0.717) is 27.4 Å². The van der Waals surface area contributed by atoms with Gasteiger partial charge in [-0.15, -0.1) is 0 Å². The van der Waals surface area contributed by atoms with Crippen molar-refractivity contribution in [3.05, 3.63) is 22.7 Å². The van der Waals surface area contributed by atoms with Gasteiger partial charge in [0, 0.05) is 17.6 Å². The van der Waals surface area contributed by atoms with Crippen LogP contribution in [0.25, 0.3) is 0 Å². The molecule has 4 saturated carbocycles. The highest BCUT2D eigenvalue weighted by Gasteiger charge is 2.59. The van der Waals surface area contributed by atoms with Crippen LogP contribution in [0, 0.1) is 16.7 Å². The third-order valence-corrected chi connectivity index (χ3v) is 7.73. The van der Waals surface area contributed by atoms with Crippen LogP contribution in [0.15, 0.2) is 12.1 Å². The summed E-state index contributed by atoms with van der Waals surface area (Å²) in [4.78, 5) is 12.1. The summed E-state index contributed by atoms with van der Waals surface area (Å²) in [5.74, 6) is 1.63. The van der Waals surface area contributed by atoms with E-state index in [9.17, 15) is 4.79 Å². The van der Waals surface area contributed by atoms with Gasteiger partial charge in [-0.25, -0.2) is 0 Å². The van der Waals surface area contributed by atoms with Crippen molar-refractivity contribution in [1.29, 1.82) is 0 Å². The zero-order chi connectivity index (χ0) is 23.4. The molecule has 4 aliphatic carbocycles. The maximum Gasteiger partial charge on any atom is 0.258 e. The summed E-state index contributed by atoms with van der Waals surface area (Å²) in [5, 5.41) is 7.30. The molecule has 5 rings (SSSR count). The Hall–Kier alpha value is -1.46. The van der Waals surface area contributed by atoms with Gasteiger partial charge in [0.2, 0.25) is 0 Å². The number of ether oxygens (including phenoxy) is 2. The lowest BCUT2D eigenvalue weighted by Crippen LogP contribution is -2.63. The molecule has 4 aliphatic rings. The molecule has 0 heterocycles. The summed E-state index contributed by atoms with van der Waals surface area (Å²) >= 11 is 6.56. The Kier molecular flexibility index (Phi) is 5.99. The van der Waals surface area contributed by atoms with Crippen LogP contribution in [0.1, 0.15) is 78.7 Å². The van der Waals surface area contributed by atoms with Crippen LogP contribution in [0.4, 0.5) is 0 Å². The van der Waals surface area contributed by atoms with Gasteiger partial charge in [0.25, 0.3) is 5.91 Å². The van der Waals surface area contributed by atoms with Crippen molar-refractivity contribution >= 4 is 17.5 Å². The zero-order valence-electron chi connectivity index (χ0n) is 20.5. The molecule has 32 heavy (non-hydrogen) atoms. The molecule has 1 aromatic carbocycles. The molecule has 178 valence electrons. The highest BCUT2D eigenvalue weighted by Crippen LogP contribution is 2.66. The smallest absolute Gasteiger partial charge is 0.258 e. The summed E-state index contributed by atoms with van der Waals surface area (Å²) in [7, 11) is 1.60.